The summed E-state index contributed by atoms with van der Waals surface area (Å²) in [6.07, 6.45) is 5.42. The average Bonchev–Trinajstić information content (AvgIpc) is 2.84. The SMILES string of the molecule is CCC[n+]1ccn(C)c1C.O=S(=O)([C-](S(=O)(=O)C(F)(F)F)S(=O)(=O)C(F)(F)F)C(F)(F)F. The van der Waals surface area contributed by atoms with Gasteiger partial charge in [-0.1, -0.05) is 6.92 Å². The van der Waals surface area contributed by atoms with Crippen LogP contribution in [0.4, 0.5) is 39.5 Å². The van der Waals surface area contributed by atoms with E-state index in [1.54, 1.807) is 0 Å². The molecule has 8 nitrogen and oxygen atoms in total. The minimum Gasteiger partial charge on any atom is -0.251 e. The van der Waals surface area contributed by atoms with E-state index in [4.69, 9.17) is 0 Å². The summed E-state index contributed by atoms with van der Waals surface area (Å²) in [6, 6.07) is 0. The van der Waals surface area contributed by atoms with Crippen molar-refractivity contribution >= 4 is 29.5 Å². The second-order valence-electron chi connectivity index (χ2n) is 5.75. The first-order valence-corrected chi connectivity index (χ1v) is 12.1. The molecule has 0 spiro atoms. The minimum absolute atomic E-state index is 1.13. The van der Waals surface area contributed by atoms with Crippen molar-refractivity contribution in [2.75, 3.05) is 0 Å². The number of aryl methyl sites for hydroxylation is 2. The minimum atomic E-state index is -8.02. The van der Waals surface area contributed by atoms with E-state index in [9.17, 15) is 64.8 Å². The van der Waals surface area contributed by atoms with Crippen molar-refractivity contribution in [3.63, 3.8) is 0 Å². The van der Waals surface area contributed by atoms with E-state index in [1.807, 2.05) is 0 Å². The summed E-state index contributed by atoms with van der Waals surface area (Å²) in [5.74, 6) is 1.32. The van der Waals surface area contributed by atoms with E-state index in [1.165, 1.54) is 12.2 Å². The number of hydrogen-bond acceptors (Lipinski definition) is 6. The zero-order chi connectivity index (χ0) is 26.1. The van der Waals surface area contributed by atoms with Crippen molar-refractivity contribution in [2.45, 2.75) is 43.3 Å². The van der Waals surface area contributed by atoms with Crippen LogP contribution in [0.2, 0.25) is 0 Å². The molecule has 0 saturated carbocycles. The second-order valence-corrected chi connectivity index (χ2v) is 12.2. The predicted molar refractivity (Wildman–Crippen MR) is 88.8 cm³/mol. The molecular weight excluding hydrogens is 535 g/mol. The highest BCUT2D eigenvalue weighted by Gasteiger charge is 2.63. The fourth-order valence-corrected chi connectivity index (χ4v) is 7.53. The maximum Gasteiger partial charge on any atom is 0.470 e. The molecule has 190 valence electrons. The van der Waals surface area contributed by atoms with Gasteiger partial charge >= 0.3 is 16.5 Å². The Morgan fingerprint density at radius 1 is 0.812 bits per heavy atom. The second kappa shape index (κ2) is 9.35. The predicted octanol–water partition coefficient (Wildman–Crippen LogP) is 2.27. The van der Waals surface area contributed by atoms with E-state index in [0.29, 0.717) is 0 Å². The van der Waals surface area contributed by atoms with E-state index >= 15 is 0 Å². The lowest BCUT2D eigenvalue weighted by Crippen LogP contribution is -2.47. The maximum atomic E-state index is 12.0. The van der Waals surface area contributed by atoms with Crippen molar-refractivity contribution in [3.05, 3.63) is 22.1 Å². The molecule has 0 saturated heterocycles. The lowest BCUT2D eigenvalue weighted by atomic mass is 10.5. The molecule has 0 aromatic carbocycles. The zero-order valence-corrected chi connectivity index (χ0v) is 18.5. The summed E-state index contributed by atoms with van der Waals surface area (Å²) in [4.78, 5) is 0. The van der Waals surface area contributed by atoms with Gasteiger partial charge < -0.3 is 0 Å². The molecule has 1 heterocycles. The molecule has 0 atom stereocenters. The Labute approximate surface area is 176 Å². The van der Waals surface area contributed by atoms with Gasteiger partial charge in [-0.2, -0.15) is 39.5 Å². The van der Waals surface area contributed by atoms with Crippen molar-refractivity contribution in [1.29, 1.82) is 0 Å². The summed E-state index contributed by atoms with van der Waals surface area (Å²) in [6.45, 7) is 5.46. The van der Waals surface area contributed by atoms with Gasteiger partial charge in [0.1, 0.15) is 12.4 Å². The number of aromatic nitrogens is 2. The van der Waals surface area contributed by atoms with Gasteiger partial charge in [-0.05, 0) is 6.42 Å². The van der Waals surface area contributed by atoms with E-state index in [2.05, 4.69) is 42.4 Å². The number of hydrogen-bond donors (Lipinski definition) is 0. The Morgan fingerprint density at radius 2 is 1.12 bits per heavy atom. The molecule has 20 heteroatoms. The molecule has 0 unspecified atom stereocenters. The van der Waals surface area contributed by atoms with Gasteiger partial charge in [0.15, 0.2) is 29.5 Å². The first-order chi connectivity index (χ1) is 13.9. The molecule has 0 amide bonds. The van der Waals surface area contributed by atoms with Crippen LogP contribution in [0.15, 0.2) is 12.4 Å². The number of sulfone groups is 3. The highest BCUT2D eigenvalue weighted by atomic mass is 32.3. The fourth-order valence-electron chi connectivity index (χ4n) is 1.79. The lowest BCUT2D eigenvalue weighted by molar-refractivity contribution is -0.702. The Balaban J connectivity index is 0.000000792. The molecular formula is C12H15F9N2O6S3. The highest BCUT2D eigenvalue weighted by molar-refractivity contribution is 8.29. The van der Waals surface area contributed by atoms with Gasteiger partial charge in [0, 0.05) is 6.92 Å². The van der Waals surface area contributed by atoms with Gasteiger partial charge in [0.25, 0.3) is 5.82 Å². The van der Waals surface area contributed by atoms with Crippen molar-refractivity contribution in [2.24, 2.45) is 7.05 Å². The Bertz CT molecular complexity index is 1010. The summed E-state index contributed by atoms with van der Waals surface area (Å²) >= 11 is 0. The first kappa shape index (κ1) is 30.4. The number of alkyl halides is 9. The van der Waals surface area contributed by atoms with E-state index in [-0.39, 0.29) is 0 Å². The van der Waals surface area contributed by atoms with Crippen LogP contribution in [0.3, 0.4) is 0 Å². The Morgan fingerprint density at radius 3 is 1.31 bits per heavy atom. The largest absolute Gasteiger partial charge is 0.470 e. The van der Waals surface area contributed by atoms with Crippen molar-refractivity contribution in [1.82, 2.24) is 4.57 Å². The number of imidazole rings is 1. The van der Waals surface area contributed by atoms with Gasteiger partial charge in [-0.15, -0.1) is 0 Å². The summed E-state index contributed by atoms with van der Waals surface area (Å²) in [7, 11) is -22.0. The molecule has 0 aliphatic carbocycles. The van der Waals surface area contributed by atoms with Crippen LogP contribution >= 0.6 is 0 Å². The maximum absolute atomic E-state index is 12.0. The monoisotopic (exact) mass is 550 g/mol. The Kier molecular flexibility index (Phi) is 8.89. The van der Waals surface area contributed by atoms with Crippen molar-refractivity contribution < 1.29 is 69.3 Å². The standard InChI is InChI=1S/C8H15N2.C4F9O6S3/c1-4-5-10-7-6-9(3)8(10)2;5-2(6,7)20(14,15)1(21(16,17)3(8,9)10)22(18,19)4(11,12)13/h6-7H,4-5H2,1-3H3;/q+1;-1. The topological polar surface area (TPSA) is 111 Å². The molecule has 1 aromatic rings. The van der Waals surface area contributed by atoms with Gasteiger partial charge in [-0.25, -0.2) is 9.13 Å². The van der Waals surface area contributed by atoms with Crippen LogP contribution < -0.4 is 4.57 Å². The third-order valence-electron chi connectivity index (χ3n) is 3.43. The molecule has 0 radical (unpaired) electrons. The molecule has 32 heavy (non-hydrogen) atoms. The third kappa shape index (κ3) is 6.06. The van der Waals surface area contributed by atoms with Crippen LogP contribution in [0.5, 0.6) is 0 Å². The molecule has 1 aromatic heterocycles. The first-order valence-electron chi connectivity index (χ1n) is 7.69. The van der Waals surface area contributed by atoms with E-state index in [0.717, 1.165) is 6.54 Å². The van der Waals surface area contributed by atoms with Crippen LogP contribution in [0, 0.1) is 10.8 Å². The van der Waals surface area contributed by atoms with Crippen LogP contribution in [0.1, 0.15) is 19.2 Å². The van der Waals surface area contributed by atoms with E-state index < -0.39 is 50.0 Å². The lowest BCUT2D eigenvalue weighted by Gasteiger charge is -2.31. The van der Waals surface area contributed by atoms with Gasteiger partial charge in [0.2, 0.25) is 0 Å². The molecule has 0 aliphatic rings. The average molecular weight is 550 g/mol. The smallest absolute Gasteiger partial charge is 0.251 e. The highest BCUT2D eigenvalue weighted by Crippen LogP contribution is 2.47. The summed E-state index contributed by atoms with van der Waals surface area (Å²) in [5, 5.41) is 0. The van der Waals surface area contributed by atoms with Crippen LogP contribution in [-0.2, 0) is 43.1 Å². The number of rotatable bonds is 5. The summed E-state index contributed by atoms with van der Waals surface area (Å²) < 4.78 is 172. The Hall–Kier alpha value is -1.57. The number of nitrogens with zero attached hydrogens (tertiary/aromatic N) is 2. The normalized spacial score (nSPS) is 14.3. The van der Waals surface area contributed by atoms with Crippen molar-refractivity contribution in [3.8, 4) is 0 Å². The molecule has 1 rings (SSSR count). The fraction of sp³-hybridized carbons (Fsp3) is 0.667. The molecule has 0 fully saturated rings. The molecule has 0 bridgehead atoms. The zero-order valence-electron chi connectivity index (χ0n) is 16.0. The van der Waals surface area contributed by atoms with Crippen LogP contribution in [0.25, 0.3) is 0 Å². The third-order valence-corrected chi connectivity index (χ3v) is 10.5. The number of halogens is 9. The van der Waals surface area contributed by atoms with Crippen LogP contribution in [-0.4, -0.2) is 46.3 Å². The van der Waals surface area contributed by atoms with Gasteiger partial charge in [-0.3, -0.25) is 25.3 Å². The van der Waals surface area contributed by atoms with Gasteiger partial charge in [0.05, 0.1) is 17.5 Å². The summed E-state index contributed by atoms with van der Waals surface area (Å²) in [5.41, 5.74) is -21.2. The molecule has 0 aliphatic heterocycles. The quantitative estimate of drug-likeness (QED) is 0.316. The molecule has 0 N–H and O–H groups in total.